The molecular weight excluding hydrogens is 448 g/mol. The van der Waals surface area contributed by atoms with Crippen molar-refractivity contribution in [1.82, 2.24) is 5.32 Å². The first kappa shape index (κ1) is 20.8. The van der Waals surface area contributed by atoms with E-state index >= 15 is 0 Å². The summed E-state index contributed by atoms with van der Waals surface area (Å²) in [6.45, 7) is 6.05. The number of nitrogens with zero attached hydrogens (tertiary/aromatic N) is 1. The van der Waals surface area contributed by atoms with Crippen LogP contribution in [0.15, 0.2) is 23.2 Å². The Bertz CT molecular complexity index is 546. The third kappa shape index (κ3) is 5.66. The number of halogens is 3. The van der Waals surface area contributed by atoms with E-state index in [2.05, 4.69) is 10.3 Å². The largest absolute Gasteiger partial charge is 0.381 e. The van der Waals surface area contributed by atoms with Crippen molar-refractivity contribution in [3.05, 3.63) is 33.8 Å². The summed E-state index contributed by atoms with van der Waals surface area (Å²) in [6, 6.07) is 5.92. The lowest BCUT2D eigenvalue weighted by Crippen LogP contribution is -2.41. The van der Waals surface area contributed by atoms with Crippen LogP contribution in [0.2, 0.25) is 10.0 Å². The fraction of sp³-hybridized carbons (Fsp3) is 0.562. The van der Waals surface area contributed by atoms with Crippen molar-refractivity contribution in [3.8, 4) is 0 Å². The first-order valence-electron chi connectivity index (χ1n) is 7.53. The smallest absolute Gasteiger partial charge is 0.188 e. The summed E-state index contributed by atoms with van der Waals surface area (Å²) in [4.78, 5) is 4.54. The van der Waals surface area contributed by atoms with E-state index in [-0.39, 0.29) is 35.4 Å². The molecule has 3 N–H and O–H groups in total. The monoisotopic (exact) mass is 471 g/mol. The van der Waals surface area contributed by atoms with Crippen molar-refractivity contribution >= 4 is 53.1 Å². The molecule has 1 aliphatic rings. The molecule has 0 aromatic heterocycles. The van der Waals surface area contributed by atoms with E-state index in [0.717, 1.165) is 18.4 Å². The number of ether oxygens (including phenoxy) is 1. The van der Waals surface area contributed by atoms with Gasteiger partial charge in [0.1, 0.15) is 0 Å². The zero-order chi connectivity index (χ0) is 16.2. The first-order chi connectivity index (χ1) is 10.4. The van der Waals surface area contributed by atoms with Crippen LogP contribution in [-0.2, 0) is 10.2 Å². The Balaban J connectivity index is 0.00000264. The van der Waals surface area contributed by atoms with Crippen LogP contribution in [0.4, 0.5) is 0 Å². The zero-order valence-corrected chi connectivity index (χ0v) is 17.3. The van der Waals surface area contributed by atoms with Crippen LogP contribution in [0, 0.1) is 0 Å². The summed E-state index contributed by atoms with van der Waals surface area (Å²) in [5.41, 5.74) is 6.87. The van der Waals surface area contributed by atoms with Gasteiger partial charge in [-0.2, -0.15) is 0 Å². The number of benzene rings is 1. The minimum atomic E-state index is -0.150. The van der Waals surface area contributed by atoms with Crippen LogP contribution < -0.4 is 11.1 Å². The molecule has 1 heterocycles. The van der Waals surface area contributed by atoms with E-state index in [4.69, 9.17) is 33.7 Å². The number of aliphatic imine (C=N–C) groups is 1. The Morgan fingerprint density at radius 1 is 1.35 bits per heavy atom. The maximum atomic E-state index is 6.43. The van der Waals surface area contributed by atoms with E-state index in [1.807, 2.05) is 26.0 Å². The molecule has 0 amide bonds. The van der Waals surface area contributed by atoms with Gasteiger partial charge in [0.15, 0.2) is 5.96 Å². The highest BCUT2D eigenvalue weighted by Crippen LogP contribution is 2.39. The summed E-state index contributed by atoms with van der Waals surface area (Å²) < 4.78 is 5.52. The maximum absolute atomic E-state index is 6.43. The average Bonchev–Trinajstić information content (AvgIpc) is 2.45. The molecule has 130 valence electrons. The van der Waals surface area contributed by atoms with Gasteiger partial charge in [-0.1, -0.05) is 29.3 Å². The van der Waals surface area contributed by atoms with Gasteiger partial charge in [-0.15, -0.1) is 24.0 Å². The Morgan fingerprint density at radius 2 is 2.00 bits per heavy atom. The fourth-order valence-electron chi connectivity index (χ4n) is 2.77. The van der Waals surface area contributed by atoms with Gasteiger partial charge in [0.05, 0.1) is 6.54 Å². The van der Waals surface area contributed by atoms with Crippen molar-refractivity contribution in [2.75, 3.05) is 19.8 Å². The molecule has 1 aliphatic heterocycles. The number of nitrogens with two attached hydrogens (primary N) is 1. The number of nitrogens with one attached hydrogen (secondary N) is 1. The molecule has 0 aliphatic carbocycles. The second-order valence-electron chi connectivity index (χ2n) is 6.02. The van der Waals surface area contributed by atoms with Crippen LogP contribution >= 0.6 is 47.2 Å². The van der Waals surface area contributed by atoms with E-state index in [1.165, 1.54) is 0 Å². The third-order valence-electron chi connectivity index (χ3n) is 3.94. The molecule has 1 fully saturated rings. The summed E-state index contributed by atoms with van der Waals surface area (Å²) in [7, 11) is 0. The van der Waals surface area contributed by atoms with Crippen LogP contribution in [0.3, 0.4) is 0 Å². The number of hydrogen-bond acceptors (Lipinski definition) is 2. The van der Waals surface area contributed by atoms with E-state index in [0.29, 0.717) is 35.8 Å². The van der Waals surface area contributed by atoms with Crippen molar-refractivity contribution < 1.29 is 4.74 Å². The van der Waals surface area contributed by atoms with Crippen LogP contribution in [0.25, 0.3) is 0 Å². The summed E-state index contributed by atoms with van der Waals surface area (Å²) in [5.74, 6) is 0.464. The highest BCUT2D eigenvalue weighted by molar-refractivity contribution is 14.0. The van der Waals surface area contributed by atoms with Crippen molar-refractivity contribution in [2.45, 2.75) is 38.1 Å². The van der Waals surface area contributed by atoms with Gasteiger partial charge in [-0.05, 0) is 44.4 Å². The normalized spacial score (nSPS) is 17.7. The average molecular weight is 472 g/mol. The first-order valence-corrected chi connectivity index (χ1v) is 8.28. The van der Waals surface area contributed by atoms with Gasteiger partial charge in [-0.3, -0.25) is 4.99 Å². The third-order valence-corrected chi connectivity index (χ3v) is 4.49. The molecule has 0 radical (unpaired) electrons. The minimum Gasteiger partial charge on any atom is -0.381 e. The van der Waals surface area contributed by atoms with E-state index in [9.17, 15) is 0 Å². The highest BCUT2D eigenvalue weighted by Gasteiger charge is 2.36. The zero-order valence-electron chi connectivity index (χ0n) is 13.4. The molecule has 1 aromatic rings. The van der Waals surface area contributed by atoms with Crippen molar-refractivity contribution in [1.29, 1.82) is 0 Å². The number of guanidine groups is 1. The van der Waals surface area contributed by atoms with Crippen LogP contribution in [0.5, 0.6) is 0 Å². The van der Waals surface area contributed by atoms with Crippen molar-refractivity contribution in [2.24, 2.45) is 10.7 Å². The molecular formula is C16H24Cl2IN3O. The summed E-state index contributed by atoms with van der Waals surface area (Å²) in [5, 5.41) is 4.44. The van der Waals surface area contributed by atoms with E-state index in [1.54, 1.807) is 6.07 Å². The standard InChI is InChI=1S/C16H23Cl2N3O.HI/c1-11(2)21-15(19)20-10-16(5-7-22-8-6-16)13-4-3-12(17)9-14(13)18;/h3-4,9,11H,5-8,10H2,1-2H3,(H3,19,20,21);1H. The summed E-state index contributed by atoms with van der Waals surface area (Å²) >= 11 is 12.5. The second-order valence-corrected chi connectivity index (χ2v) is 6.86. The Hall–Kier alpha value is -0.240. The van der Waals surface area contributed by atoms with Gasteiger partial charge < -0.3 is 15.8 Å². The number of rotatable bonds is 4. The van der Waals surface area contributed by atoms with Gasteiger partial charge in [0.2, 0.25) is 0 Å². The molecule has 2 rings (SSSR count). The lowest BCUT2D eigenvalue weighted by atomic mass is 9.74. The molecule has 0 bridgehead atoms. The van der Waals surface area contributed by atoms with Gasteiger partial charge in [0.25, 0.3) is 0 Å². The lowest BCUT2D eigenvalue weighted by molar-refractivity contribution is 0.0531. The quantitative estimate of drug-likeness (QED) is 0.396. The van der Waals surface area contributed by atoms with Crippen molar-refractivity contribution in [3.63, 3.8) is 0 Å². The summed E-state index contributed by atoms with van der Waals surface area (Å²) in [6.07, 6.45) is 1.74. The molecule has 4 nitrogen and oxygen atoms in total. The Morgan fingerprint density at radius 3 is 2.57 bits per heavy atom. The molecule has 0 saturated carbocycles. The lowest BCUT2D eigenvalue weighted by Gasteiger charge is -2.37. The number of hydrogen-bond donors (Lipinski definition) is 2. The minimum absolute atomic E-state index is 0. The fourth-order valence-corrected chi connectivity index (χ4v) is 3.38. The molecule has 23 heavy (non-hydrogen) atoms. The molecule has 1 saturated heterocycles. The van der Waals surface area contributed by atoms with Crippen LogP contribution in [-0.4, -0.2) is 31.8 Å². The topological polar surface area (TPSA) is 59.6 Å². The predicted octanol–water partition coefficient (Wildman–Crippen LogP) is 3.97. The Labute approximate surface area is 165 Å². The maximum Gasteiger partial charge on any atom is 0.188 e. The van der Waals surface area contributed by atoms with Gasteiger partial charge in [0, 0.05) is 34.7 Å². The molecule has 7 heteroatoms. The van der Waals surface area contributed by atoms with Gasteiger partial charge >= 0.3 is 0 Å². The molecule has 0 atom stereocenters. The molecule has 0 unspecified atom stereocenters. The highest BCUT2D eigenvalue weighted by atomic mass is 127. The van der Waals surface area contributed by atoms with E-state index < -0.39 is 0 Å². The molecule has 1 aromatic carbocycles. The second kappa shape index (κ2) is 9.30. The van der Waals surface area contributed by atoms with Crippen LogP contribution in [0.1, 0.15) is 32.3 Å². The predicted molar refractivity (Wildman–Crippen MR) is 108 cm³/mol. The Kier molecular flexibility index (Phi) is 8.41. The van der Waals surface area contributed by atoms with Gasteiger partial charge in [-0.25, -0.2) is 0 Å². The molecule has 0 spiro atoms. The SMILES string of the molecule is CC(C)NC(N)=NCC1(c2ccc(Cl)cc2Cl)CCOCC1.I.